The smallest absolute Gasteiger partial charge is 0.227 e. The summed E-state index contributed by atoms with van der Waals surface area (Å²) >= 11 is 0. The van der Waals surface area contributed by atoms with E-state index in [1.165, 1.54) is 10.9 Å². The fourth-order valence-corrected chi connectivity index (χ4v) is 4.88. The maximum absolute atomic E-state index is 6.27. The largest absolute Gasteiger partial charge is 0.440 e. The Morgan fingerprint density at radius 1 is 0.971 bits per heavy atom. The molecular weight excluding hydrogens is 448 g/mol. The molecule has 34 heavy (non-hydrogen) atoms. The van der Waals surface area contributed by atoms with Crippen LogP contribution in [0.4, 0.5) is 0 Å². The van der Waals surface area contributed by atoms with E-state index >= 15 is 0 Å². The standard InChI is InChI=1S/C26H28N6O.ClH/c1-17(2)32-10-8-31(9-11-32)16-19-14-28-26(33-19)22-12-18(13-25-23(22)15-29-30-25)20-4-3-5-24-21(20)6-7-27-24;/h3-7,12-15,17,27H,8-11,16H2,1-2H3,(H,29,30);1H. The van der Waals surface area contributed by atoms with Crippen LogP contribution in [-0.4, -0.2) is 62.2 Å². The number of aromatic amines is 2. The number of hydrogen-bond acceptors (Lipinski definition) is 5. The fraction of sp³-hybridized carbons (Fsp3) is 0.308. The van der Waals surface area contributed by atoms with E-state index in [2.05, 4.69) is 80.2 Å². The van der Waals surface area contributed by atoms with E-state index in [1.807, 2.05) is 18.6 Å². The van der Waals surface area contributed by atoms with Gasteiger partial charge in [-0.2, -0.15) is 5.10 Å². The summed E-state index contributed by atoms with van der Waals surface area (Å²) in [6.45, 7) is 9.61. The van der Waals surface area contributed by atoms with Gasteiger partial charge in [0.1, 0.15) is 5.76 Å². The molecule has 7 nitrogen and oxygen atoms in total. The van der Waals surface area contributed by atoms with Crippen LogP contribution in [0.1, 0.15) is 19.6 Å². The highest BCUT2D eigenvalue weighted by Crippen LogP contribution is 2.35. The van der Waals surface area contributed by atoms with Gasteiger partial charge in [0.05, 0.1) is 24.5 Å². The molecule has 5 aromatic rings. The van der Waals surface area contributed by atoms with Gasteiger partial charge >= 0.3 is 0 Å². The average molecular weight is 477 g/mol. The zero-order chi connectivity index (χ0) is 22.4. The first-order valence-corrected chi connectivity index (χ1v) is 11.6. The van der Waals surface area contributed by atoms with Gasteiger partial charge in [0, 0.05) is 60.3 Å². The lowest BCUT2D eigenvalue weighted by Crippen LogP contribution is -2.48. The fourth-order valence-electron chi connectivity index (χ4n) is 4.88. The maximum atomic E-state index is 6.27. The quantitative estimate of drug-likeness (QED) is 0.359. The Kier molecular flexibility index (Phi) is 6.16. The summed E-state index contributed by atoms with van der Waals surface area (Å²) in [6.07, 6.45) is 5.70. The number of aromatic nitrogens is 4. The van der Waals surface area contributed by atoms with Crippen molar-refractivity contribution in [2.24, 2.45) is 0 Å². The number of hydrogen-bond donors (Lipinski definition) is 2. The molecule has 1 saturated heterocycles. The molecule has 2 aromatic carbocycles. The average Bonchev–Trinajstić information content (AvgIpc) is 3.59. The Bertz CT molecular complexity index is 1410. The number of H-pyrrole nitrogens is 2. The highest BCUT2D eigenvalue weighted by atomic mass is 35.5. The van der Waals surface area contributed by atoms with Crippen LogP contribution in [0.5, 0.6) is 0 Å². The molecule has 2 N–H and O–H groups in total. The van der Waals surface area contributed by atoms with Crippen molar-refractivity contribution in [2.45, 2.75) is 26.4 Å². The van der Waals surface area contributed by atoms with Gasteiger partial charge in [-0.3, -0.25) is 14.9 Å². The zero-order valence-electron chi connectivity index (χ0n) is 19.4. The number of oxazole rings is 1. The molecule has 1 fully saturated rings. The Labute approximate surface area is 204 Å². The van der Waals surface area contributed by atoms with E-state index in [1.54, 1.807) is 0 Å². The number of fused-ring (bicyclic) bond motifs is 2. The highest BCUT2D eigenvalue weighted by molar-refractivity contribution is 6.01. The van der Waals surface area contributed by atoms with Crippen molar-refractivity contribution in [1.82, 2.24) is 30.0 Å². The lowest BCUT2D eigenvalue weighted by Gasteiger charge is -2.36. The number of nitrogens with one attached hydrogen (secondary N) is 2. The summed E-state index contributed by atoms with van der Waals surface area (Å²) in [6, 6.07) is 13.3. The van der Waals surface area contributed by atoms with Crippen molar-refractivity contribution < 1.29 is 4.42 Å². The molecule has 0 saturated carbocycles. The molecule has 4 heterocycles. The van der Waals surface area contributed by atoms with Gasteiger partial charge in [-0.1, -0.05) is 12.1 Å². The van der Waals surface area contributed by atoms with E-state index in [4.69, 9.17) is 4.42 Å². The predicted molar refractivity (Wildman–Crippen MR) is 138 cm³/mol. The molecule has 1 aliphatic rings. The molecule has 0 radical (unpaired) electrons. The molecule has 8 heteroatoms. The number of benzene rings is 2. The number of rotatable bonds is 5. The van der Waals surface area contributed by atoms with Crippen LogP contribution >= 0.6 is 12.4 Å². The predicted octanol–water partition coefficient (Wildman–Crippen LogP) is 5.31. The third-order valence-electron chi connectivity index (χ3n) is 6.77. The Morgan fingerprint density at radius 2 is 1.82 bits per heavy atom. The van der Waals surface area contributed by atoms with E-state index in [0.717, 1.165) is 66.0 Å². The minimum atomic E-state index is 0. The molecule has 1 aliphatic heterocycles. The van der Waals surface area contributed by atoms with Crippen LogP contribution in [0.25, 0.3) is 44.4 Å². The Morgan fingerprint density at radius 3 is 2.65 bits per heavy atom. The molecule has 0 spiro atoms. The first-order valence-electron chi connectivity index (χ1n) is 11.6. The Hall–Kier alpha value is -3.13. The molecule has 176 valence electrons. The summed E-state index contributed by atoms with van der Waals surface area (Å²) in [5.74, 6) is 1.54. The molecule has 0 bridgehead atoms. The monoisotopic (exact) mass is 476 g/mol. The highest BCUT2D eigenvalue weighted by Gasteiger charge is 2.21. The van der Waals surface area contributed by atoms with Crippen molar-refractivity contribution in [3.8, 4) is 22.6 Å². The van der Waals surface area contributed by atoms with Crippen LogP contribution in [-0.2, 0) is 6.54 Å². The van der Waals surface area contributed by atoms with Crippen LogP contribution in [0.15, 0.2) is 59.4 Å². The van der Waals surface area contributed by atoms with Gasteiger partial charge in [-0.25, -0.2) is 4.98 Å². The van der Waals surface area contributed by atoms with Crippen molar-refractivity contribution in [1.29, 1.82) is 0 Å². The topological polar surface area (TPSA) is 77.0 Å². The minimum Gasteiger partial charge on any atom is -0.440 e. The summed E-state index contributed by atoms with van der Waals surface area (Å²) in [7, 11) is 0. The van der Waals surface area contributed by atoms with Gasteiger partial charge in [0.15, 0.2) is 0 Å². The lowest BCUT2D eigenvalue weighted by atomic mass is 9.98. The van der Waals surface area contributed by atoms with Crippen molar-refractivity contribution in [2.75, 3.05) is 26.2 Å². The summed E-state index contributed by atoms with van der Waals surface area (Å²) in [4.78, 5) is 12.9. The van der Waals surface area contributed by atoms with Crippen molar-refractivity contribution >= 4 is 34.2 Å². The van der Waals surface area contributed by atoms with Crippen LogP contribution in [0.3, 0.4) is 0 Å². The summed E-state index contributed by atoms with van der Waals surface area (Å²) in [5.41, 5.74) is 5.33. The van der Waals surface area contributed by atoms with Crippen LogP contribution < -0.4 is 0 Å². The second-order valence-electron chi connectivity index (χ2n) is 9.14. The van der Waals surface area contributed by atoms with Gasteiger partial charge in [0.25, 0.3) is 0 Å². The molecule has 0 aliphatic carbocycles. The van der Waals surface area contributed by atoms with Gasteiger partial charge in [-0.15, -0.1) is 12.4 Å². The van der Waals surface area contributed by atoms with Gasteiger partial charge in [-0.05, 0) is 49.2 Å². The zero-order valence-corrected chi connectivity index (χ0v) is 20.2. The van der Waals surface area contributed by atoms with Crippen molar-refractivity contribution in [3.63, 3.8) is 0 Å². The first kappa shape index (κ1) is 22.7. The third kappa shape index (κ3) is 4.11. The number of halogens is 1. The minimum absolute atomic E-state index is 0. The Balaban J connectivity index is 0.00000241. The number of piperazine rings is 1. The van der Waals surface area contributed by atoms with E-state index in [-0.39, 0.29) is 12.4 Å². The molecule has 0 atom stereocenters. The van der Waals surface area contributed by atoms with E-state index < -0.39 is 0 Å². The van der Waals surface area contributed by atoms with Gasteiger partial charge < -0.3 is 9.40 Å². The lowest BCUT2D eigenvalue weighted by molar-refractivity contribution is 0.0992. The van der Waals surface area contributed by atoms with Gasteiger partial charge in [0.2, 0.25) is 5.89 Å². The molecule has 0 unspecified atom stereocenters. The summed E-state index contributed by atoms with van der Waals surface area (Å²) < 4.78 is 6.27. The third-order valence-corrected chi connectivity index (χ3v) is 6.77. The van der Waals surface area contributed by atoms with Crippen LogP contribution in [0, 0.1) is 0 Å². The van der Waals surface area contributed by atoms with Crippen molar-refractivity contribution in [3.05, 3.63) is 60.7 Å². The van der Waals surface area contributed by atoms with E-state index in [9.17, 15) is 0 Å². The maximum Gasteiger partial charge on any atom is 0.227 e. The summed E-state index contributed by atoms with van der Waals surface area (Å²) in [5, 5.41) is 9.61. The molecule has 6 rings (SSSR count). The second kappa shape index (κ2) is 9.25. The normalized spacial score (nSPS) is 15.4. The van der Waals surface area contributed by atoms with E-state index in [0.29, 0.717) is 11.9 Å². The van der Waals surface area contributed by atoms with Crippen LogP contribution in [0.2, 0.25) is 0 Å². The number of nitrogens with zero attached hydrogens (tertiary/aromatic N) is 4. The molecule has 3 aromatic heterocycles. The molecular formula is C26H29ClN6O. The first-order chi connectivity index (χ1) is 16.2. The SMILES string of the molecule is CC(C)N1CCN(Cc2cnc(-c3cc(-c4cccc5[nH]ccc45)cc4[nH]ncc34)o2)CC1.Cl. The molecule has 0 amide bonds. The second-order valence-corrected chi connectivity index (χ2v) is 9.14.